The van der Waals surface area contributed by atoms with Crippen LogP contribution in [0.5, 0.6) is 0 Å². The summed E-state index contributed by atoms with van der Waals surface area (Å²) < 4.78 is 100. The number of benzene rings is 2. The molecule has 2 fully saturated rings. The Bertz CT molecular complexity index is 1140. The first-order valence-corrected chi connectivity index (χ1v) is 12.4. The second-order valence-corrected chi connectivity index (χ2v) is 11.3. The third kappa shape index (κ3) is 5.84. The number of carbonyl (C=O) groups excluding carboxylic acids is 1. The lowest BCUT2D eigenvalue weighted by Crippen LogP contribution is -2.46. The van der Waals surface area contributed by atoms with E-state index in [0.717, 1.165) is 0 Å². The third-order valence-corrected chi connectivity index (χ3v) is 7.80. The SMILES string of the molecule is C[C@@H](O[C@H]1CN2C(=O)CC(C(C)(C)C)C[C@H]2[C@@H]1c1ccc(F)cc1)c1cc(C(F)(F)F)cc(C(F)(F)F)c1. The molecule has 3 nitrogen and oxygen atoms in total. The highest BCUT2D eigenvalue weighted by molar-refractivity contribution is 5.78. The molecule has 5 atom stereocenters. The number of alkyl halides is 6. The van der Waals surface area contributed by atoms with Crippen LogP contribution < -0.4 is 0 Å². The molecule has 1 unspecified atom stereocenters. The molecule has 0 saturated carbocycles. The maximum absolute atomic E-state index is 13.7. The molecule has 0 bridgehead atoms. The van der Waals surface area contributed by atoms with Gasteiger partial charge in [0.15, 0.2) is 0 Å². The maximum Gasteiger partial charge on any atom is 0.416 e. The summed E-state index contributed by atoms with van der Waals surface area (Å²) in [6.07, 6.45) is -10.8. The Kier molecular flexibility index (Phi) is 7.35. The normalized spacial score (nSPS) is 25.4. The number of piperidine rings is 1. The van der Waals surface area contributed by atoms with Crippen molar-refractivity contribution in [2.24, 2.45) is 11.3 Å². The summed E-state index contributed by atoms with van der Waals surface area (Å²) in [4.78, 5) is 14.8. The van der Waals surface area contributed by atoms with Gasteiger partial charge in [0.05, 0.1) is 23.3 Å². The molecule has 2 aromatic carbocycles. The van der Waals surface area contributed by atoms with Gasteiger partial charge in [0, 0.05) is 24.9 Å². The fourth-order valence-electron chi connectivity index (χ4n) is 5.61. The second kappa shape index (κ2) is 9.84. The molecule has 208 valence electrons. The standard InChI is InChI=1S/C28H30F7NO2/c1-15(17-9-19(27(30,31)32)11-20(10-17)28(33,34)35)38-23-14-36-22(12-18(13-24(36)37)26(2,3)4)25(23)16-5-7-21(29)8-6-16/h5-11,15,18,22-23,25H,12-14H2,1-4H3/t15-,18?,22+,23+,25+/m1/s1. The summed E-state index contributed by atoms with van der Waals surface area (Å²) in [7, 11) is 0. The maximum atomic E-state index is 13.7. The van der Waals surface area contributed by atoms with E-state index in [1.54, 1.807) is 17.0 Å². The molecular formula is C28H30F7NO2. The highest BCUT2D eigenvalue weighted by Gasteiger charge is 2.51. The van der Waals surface area contributed by atoms with Gasteiger partial charge in [0.2, 0.25) is 5.91 Å². The predicted octanol–water partition coefficient (Wildman–Crippen LogP) is 7.76. The van der Waals surface area contributed by atoms with Crippen LogP contribution in [0.25, 0.3) is 0 Å². The van der Waals surface area contributed by atoms with Gasteiger partial charge < -0.3 is 9.64 Å². The molecule has 0 aromatic heterocycles. The molecule has 10 heteroatoms. The van der Waals surface area contributed by atoms with Crippen molar-refractivity contribution in [2.75, 3.05) is 6.54 Å². The first-order chi connectivity index (χ1) is 17.4. The Balaban J connectivity index is 1.70. The Morgan fingerprint density at radius 3 is 1.97 bits per heavy atom. The van der Waals surface area contributed by atoms with E-state index in [1.165, 1.54) is 19.1 Å². The van der Waals surface area contributed by atoms with Gasteiger partial charge in [-0.15, -0.1) is 0 Å². The van der Waals surface area contributed by atoms with Gasteiger partial charge in [0.25, 0.3) is 0 Å². The van der Waals surface area contributed by atoms with Gasteiger partial charge in [0.1, 0.15) is 5.82 Å². The van der Waals surface area contributed by atoms with Crippen molar-refractivity contribution in [2.45, 2.75) is 77.1 Å². The molecule has 0 aliphatic carbocycles. The number of rotatable bonds is 4. The first-order valence-electron chi connectivity index (χ1n) is 12.4. The number of hydrogen-bond donors (Lipinski definition) is 0. The van der Waals surface area contributed by atoms with Crippen molar-refractivity contribution in [3.05, 3.63) is 70.5 Å². The van der Waals surface area contributed by atoms with Gasteiger partial charge in [-0.2, -0.15) is 26.3 Å². The highest BCUT2D eigenvalue weighted by Crippen LogP contribution is 2.47. The lowest BCUT2D eigenvalue weighted by molar-refractivity contribution is -0.143. The molecular weight excluding hydrogens is 515 g/mol. The molecule has 2 saturated heterocycles. The van der Waals surface area contributed by atoms with Crippen molar-refractivity contribution in [3.8, 4) is 0 Å². The van der Waals surface area contributed by atoms with Crippen LogP contribution in [-0.4, -0.2) is 29.5 Å². The zero-order valence-corrected chi connectivity index (χ0v) is 21.5. The van der Waals surface area contributed by atoms with Crippen molar-refractivity contribution < 1.29 is 40.3 Å². The molecule has 2 heterocycles. The zero-order valence-electron chi connectivity index (χ0n) is 21.5. The predicted molar refractivity (Wildman–Crippen MR) is 127 cm³/mol. The Labute approximate surface area is 217 Å². The number of ether oxygens (including phenoxy) is 1. The highest BCUT2D eigenvalue weighted by atomic mass is 19.4. The van der Waals surface area contributed by atoms with Crippen molar-refractivity contribution in [1.82, 2.24) is 4.90 Å². The average molecular weight is 546 g/mol. The van der Waals surface area contributed by atoms with Crippen LogP contribution in [0, 0.1) is 17.2 Å². The van der Waals surface area contributed by atoms with Crippen LogP contribution in [0.2, 0.25) is 0 Å². The van der Waals surface area contributed by atoms with Crippen molar-refractivity contribution >= 4 is 5.91 Å². The largest absolute Gasteiger partial charge is 0.416 e. The zero-order chi connectivity index (χ0) is 28.2. The summed E-state index contributed by atoms with van der Waals surface area (Å²) in [6.45, 7) is 7.67. The fraction of sp³-hybridized carbons (Fsp3) is 0.536. The van der Waals surface area contributed by atoms with E-state index in [4.69, 9.17) is 4.74 Å². The number of carbonyl (C=O) groups is 1. The van der Waals surface area contributed by atoms with Crippen LogP contribution in [0.4, 0.5) is 30.7 Å². The van der Waals surface area contributed by atoms with E-state index in [2.05, 4.69) is 0 Å². The minimum absolute atomic E-state index is 0.0631. The third-order valence-electron chi connectivity index (χ3n) is 7.80. The molecule has 0 spiro atoms. The van der Waals surface area contributed by atoms with Crippen LogP contribution in [0.1, 0.15) is 74.8 Å². The Morgan fingerprint density at radius 1 is 0.921 bits per heavy atom. The van der Waals surface area contributed by atoms with Gasteiger partial charge in [-0.3, -0.25) is 4.79 Å². The molecule has 0 radical (unpaired) electrons. The minimum Gasteiger partial charge on any atom is -0.368 e. The smallest absolute Gasteiger partial charge is 0.368 e. The summed E-state index contributed by atoms with van der Waals surface area (Å²) in [5.41, 5.74) is -2.57. The summed E-state index contributed by atoms with van der Waals surface area (Å²) in [6, 6.07) is 6.85. The van der Waals surface area contributed by atoms with Crippen LogP contribution in [0.3, 0.4) is 0 Å². The van der Waals surface area contributed by atoms with Crippen LogP contribution >= 0.6 is 0 Å². The Hall–Kier alpha value is -2.62. The van der Waals surface area contributed by atoms with Crippen molar-refractivity contribution in [3.63, 3.8) is 0 Å². The van der Waals surface area contributed by atoms with E-state index >= 15 is 0 Å². The van der Waals surface area contributed by atoms with Crippen molar-refractivity contribution in [1.29, 1.82) is 0 Å². The number of halogens is 7. The minimum atomic E-state index is -4.98. The van der Waals surface area contributed by atoms with E-state index < -0.39 is 47.4 Å². The van der Waals surface area contributed by atoms with Gasteiger partial charge in [-0.1, -0.05) is 32.9 Å². The monoisotopic (exact) mass is 545 g/mol. The quantitative estimate of drug-likeness (QED) is 0.368. The van der Waals surface area contributed by atoms with Gasteiger partial charge in [-0.25, -0.2) is 4.39 Å². The van der Waals surface area contributed by atoms with Gasteiger partial charge >= 0.3 is 12.4 Å². The fourth-order valence-corrected chi connectivity index (χ4v) is 5.61. The number of amides is 1. The summed E-state index contributed by atoms with van der Waals surface area (Å²) in [5.74, 6) is -0.899. The molecule has 1 amide bonds. The molecule has 0 N–H and O–H groups in total. The summed E-state index contributed by atoms with van der Waals surface area (Å²) in [5, 5.41) is 0. The topological polar surface area (TPSA) is 29.5 Å². The number of fused-ring (bicyclic) bond motifs is 1. The van der Waals surface area contributed by atoms with Crippen LogP contribution in [0.15, 0.2) is 42.5 Å². The van der Waals surface area contributed by atoms with E-state index in [1.807, 2.05) is 20.8 Å². The molecule has 2 aliphatic rings. The van der Waals surface area contributed by atoms with Gasteiger partial charge in [-0.05, 0) is 66.1 Å². The lowest BCUT2D eigenvalue weighted by atomic mass is 9.71. The van der Waals surface area contributed by atoms with E-state index in [0.29, 0.717) is 30.5 Å². The molecule has 38 heavy (non-hydrogen) atoms. The molecule has 2 aromatic rings. The van der Waals surface area contributed by atoms with E-state index in [9.17, 15) is 35.5 Å². The van der Waals surface area contributed by atoms with Crippen LogP contribution in [-0.2, 0) is 21.9 Å². The van der Waals surface area contributed by atoms with E-state index in [-0.39, 0.29) is 41.5 Å². The first kappa shape index (κ1) is 28.4. The number of hydrogen-bond acceptors (Lipinski definition) is 2. The lowest BCUT2D eigenvalue weighted by Gasteiger charge is -2.42. The molecule has 4 rings (SSSR count). The number of nitrogens with zero attached hydrogens (tertiary/aromatic N) is 1. The summed E-state index contributed by atoms with van der Waals surface area (Å²) >= 11 is 0. The second-order valence-electron chi connectivity index (χ2n) is 11.3. The molecule has 2 aliphatic heterocycles. The average Bonchev–Trinajstić information content (AvgIpc) is 3.16. The Morgan fingerprint density at radius 2 is 1.47 bits per heavy atom.